The summed E-state index contributed by atoms with van der Waals surface area (Å²) in [5.41, 5.74) is 7.91. The molecule has 18 heavy (non-hydrogen) atoms. The lowest BCUT2D eigenvalue weighted by atomic mass is 10.1. The van der Waals surface area contributed by atoms with Gasteiger partial charge in [-0.15, -0.1) is 0 Å². The summed E-state index contributed by atoms with van der Waals surface area (Å²) in [6.07, 6.45) is 3.92. The molecule has 4 nitrogen and oxygen atoms in total. The van der Waals surface area contributed by atoms with E-state index in [4.69, 9.17) is 5.73 Å². The van der Waals surface area contributed by atoms with Crippen molar-refractivity contribution in [2.24, 2.45) is 7.05 Å². The van der Waals surface area contributed by atoms with E-state index in [2.05, 4.69) is 41.6 Å². The van der Waals surface area contributed by atoms with Gasteiger partial charge < -0.3 is 11.1 Å². The van der Waals surface area contributed by atoms with Crippen molar-refractivity contribution in [1.82, 2.24) is 9.78 Å². The first-order valence-electron chi connectivity index (χ1n) is 6.24. The highest BCUT2D eigenvalue weighted by atomic mass is 15.3. The van der Waals surface area contributed by atoms with Crippen LogP contribution in [0.25, 0.3) is 0 Å². The van der Waals surface area contributed by atoms with Crippen molar-refractivity contribution in [3.05, 3.63) is 42.1 Å². The van der Waals surface area contributed by atoms with E-state index in [9.17, 15) is 0 Å². The van der Waals surface area contributed by atoms with E-state index in [-0.39, 0.29) is 0 Å². The molecule has 0 aliphatic carbocycles. The Hall–Kier alpha value is -1.97. The molecule has 4 heteroatoms. The molecule has 0 amide bonds. The van der Waals surface area contributed by atoms with Gasteiger partial charge in [0.1, 0.15) is 0 Å². The van der Waals surface area contributed by atoms with Crippen LogP contribution in [-0.4, -0.2) is 15.8 Å². The Balaban J connectivity index is 1.86. The molecule has 1 unspecified atom stereocenters. The van der Waals surface area contributed by atoms with Crippen LogP contribution in [0, 0.1) is 0 Å². The van der Waals surface area contributed by atoms with Crippen molar-refractivity contribution in [3.8, 4) is 0 Å². The zero-order chi connectivity index (χ0) is 13.0. The van der Waals surface area contributed by atoms with Crippen LogP contribution in [0.5, 0.6) is 0 Å². The maximum absolute atomic E-state index is 5.85. The van der Waals surface area contributed by atoms with Gasteiger partial charge in [-0.05, 0) is 25.3 Å². The number of aromatic nitrogens is 2. The van der Waals surface area contributed by atoms with Gasteiger partial charge in [0, 0.05) is 19.3 Å². The summed E-state index contributed by atoms with van der Waals surface area (Å²) in [6, 6.07) is 10.8. The lowest BCUT2D eigenvalue weighted by molar-refractivity contribution is 0.694. The molecule has 0 bridgehead atoms. The highest BCUT2D eigenvalue weighted by Crippen LogP contribution is 2.16. The first kappa shape index (κ1) is 12.5. The van der Waals surface area contributed by atoms with Crippen molar-refractivity contribution < 1.29 is 0 Å². The van der Waals surface area contributed by atoms with Crippen LogP contribution in [0.4, 0.5) is 11.5 Å². The Kier molecular flexibility index (Phi) is 3.87. The third kappa shape index (κ3) is 3.26. The number of nitrogen functional groups attached to an aromatic ring is 1. The predicted molar refractivity (Wildman–Crippen MR) is 75.5 cm³/mol. The summed E-state index contributed by atoms with van der Waals surface area (Å²) in [5, 5.41) is 7.63. The zero-order valence-corrected chi connectivity index (χ0v) is 10.9. The molecule has 1 aromatic heterocycles. The number of hydrogen-bond acceptors (Lipinski definition) is 3. The highest BCUT2D eigenvalue weighted by molar-refractivity contribution is 5.60. The monoisotopic (exact) mass is 244 g/mol. The number of anilines is 2. The minimum Gasteiger partial charge on any atom is -0.394 e. The van der Waals surface area contributed by atoms with E-state index in [0.29, 0.717) is 11.7 Å². The largest absolute Gasteiger partial charge is 0.394 e. The zero-order valence-electron chi connectivity index (χ0n) is 10.9. The molecule has 0 saturated carbocycles. The normalized spacial score (nSPS) is 12.3. The minimum atomic E-state index is 0.349. The lowest BCUT2D eigenvalue weighted by Crippen LogP contribution is -2.17. The van der Waals surface area contributed by atoms with E-state index in [1.54, 1.807) is 4.68 Å². The van der Waals surface area contributed by atoms with Crippen LogP contribution in [0.2, 0.25) is 0 Å². The maximum Gasteiger partial charge on any atom is 0.171 e. The number of aryl methyl sites for hydroxylation is 2. The smallest absolute Gasteiger partial charge is 0.171 e. The van der Waals surface area contributed by atoms with Gasteiger partial charge in [0.05, 0.1) is 5.69 Å². The number of nitrogens with zero attached hydrogens (tertiary/aromatic N) is 2. The second-order valence-corrected chi connectivity index (χ2v) is 4.68. The SMILES string of the molecule is CC(CCc1ccccc1)Nc1nn(C)cc1N. The molecule has 2 aromatic rings. The van der Waals surface area contributed by atoms with Gasteiger partial charge in [-0.25, -0.2) is 0 Å². The van der Waals surface area contributed by atoms with E-state index in [1.807, 2.05) is 19.3 Å². The molecule has 1 atom stereocenters. The molecular formula is C14H20N4. The fourth-order valence-electron chi connectivity index (χ4n) is 1.95. The van der Waals surface area contributed by atoms with Crippen LogP contribution < -0.4 is 11.1 Å². The van der Waals surface area contributed by atoms with Crippen LogP contribution in [-0.2, 0) is 13.5 Å². The average molecular weight is 244 g/mol. The molecule has 0 radical (unpaired) electrons. The molecule has 1 aromatic carbocycles. The maximum atomic E-state index is 5.85. The summed E-state index contributed by atoms with van der Waals surface area (Å²) in [4.78, 5) is 0. The van der Waals surface area contributed by atoms with E-state index in [1.165, 1.54) is 5.56 Å². The van der Waals surface area contributed by atoms with E-state index >= 15 is 0 Å². The topological polar surface area (TPSA) is 55.9 Å². The average Bonchev–Trinajstić information content (AvgIpc) is 2.67. The first-order valence-corrected chi connectivity index (χ1v) is 6.24. The summed E-state index contributed by atoms with van der Waals surface area (Å²) in [5.74, 6) is 0.776. The Morgan fingerprint density at radius 2 is 2.06 bits per heavy atom. The van der Waals surface area contributed by atoms with Crippen LogP contribution >= 0.6 is 0 Å². The molecular weight excluding hydrogens is 224 g/mol. The Morgan fingerprint density at radius 1 is 1.33 bits per heavy atom. The fourth-order valence-corrected chi connectivity index (χ4v) is 1.95. The molecule has 1 heterocycles. The highest BCUT2D eigenvalue weighted by Gasteiger charge is 2.08. The molecule has 0 aliphatic rings. The molecule has 0 spiro atoms. The van der Waals surface area contributed by atoms with Gasteiger partial charge in [0.25, 0.3) is 0 Å². The Morgan fingerprint density at radius 3 is 2.67 bits per heavy atom. The lowest BCUT2D eigenvalue weighted by Gasteiger charge is -2.13. The van der Waals surface area contributed by atoms with E-state index < -0.39 is 0 Å². The number of benzene rings is 1. The quantitative estimate of drug-likeness (QED) is 0.849. The molecule has 96 valence electrons. The van der Waals surface area contributed by atoms with Crippen molar-refractivity contribution in [1.29, 1.82) is 0 Å². The Labute approximate surface area is 108 Å². The van der Waals surface area contributed by atoms with E-state index in [0.717, 1.165) is 18.7 Å². The van der Waals surface area contributed by atoms with Crippen LogP contribution in [0.3, 0.4) is 0 Å². The number of nitrogens with two attached hydrogens (primary N) is 1. The van der Waals surface area contributed by atoms with Crippen molar-refractivity contribution in [2.75, 3.05) is 11.1 Å². The molecule has 2 rings (SSSR count). The summed E-state index contributed by atoms with van der Waals surface area (Å²) in [6.45, 7) is 2.15. The van der Waals surface area contributed by atoms with Crippen LogP contribution in [0.1, 0.15) is 18.9 Å². The standard InChI is InChI=1S/C14H20N4/c1-11(8-9-12-6-4-3-5-7-12)16-14-13(15)10-18(2)17-14/h3-7,10-11H,8-9,15H2,1-2H3,(H,16,17). The second kappa shape index (κ2) is 5.58. The van der Waals surface area contributed by atoms with Gasteiger partial charge in [0.2, 0.25) is 0 Å². The Bertz CT molecular complexity index is 490. The summed E-state index contributed by atoms with van der Waals surface area (Å²) >= 11 is 0. The molecule has 0 aliphatic heterocycles. The van der Waals surface area contributed by atoms with Crippen molar-refractivity contribution in [2.45, 2.75) is 25.8 Å². The number of rotatable bonds is 5. The first-order chi connectivity index (χ1) is 8.65. The van der Waals surface area contributed by atoms with Crippen molar-refractivity contribution >= 4 is 11.5 Å². The molecule has 0 saturated heterocycles. The minimum absolute atomic E-state index is 0.349. The van der Waals surface area contributed by atoms with Crippen molar-refractivity contribution in [3.63, 3.8) is 0 Å². The van der Waals surface area contributed by atoms with Crippen LogP contribution in [0.15, 0.2) is 36.5 Å². The molecule has 3 N–H and O–H groups in total. The van der Waals surface area contributed by atoms with Gasteiger partial charge in [0.15, 0.2) is 5.82 Å². The number of nitrogens with one attached hydrogen (secondary N) is 1. The third-order valence-corrected chi connectivity index (χ3v) is 2.95. The predicted octanol–water partition coefficient (Wildman–Crippen LogP) is 2.44. The van der Waals surface area contributed by atoms with Gasteiger partial charge in [-0.1, -0.05) is 30.3 Å². The molecule has 0 fully saturated rings. The second-order valence-electron chi connectivity index (χ2n) is 4.68. The van der Waals surface area contributed by atoms with Gasteiger partial charge in [-0.3, -0.25) is 4.68 Å². The van der Waals surface area contributed by atoms with Gasteiger partial charge >= 0.3 is 0 Å². The number of hydrogen-bond donors (Lipinski definition) is 2. The summed E-state index contributed by atoms with van der Waals surface area (Å²) < 4.78 is 1.72. The van der Waals surface area contributed by atoms with Gasteiger partial charge in [-0.2, -0.15) is 5.10 Å². The summed E-state index contributed by atoms with van der Waals surface area (Å²) in [7, 11) is 1.87. The fraction of sp³-hybridized carbons (Fsp3) is 0.357. The third-order valence-electron chi connectivity index (χ3n) is 2.95.